The number of halogens is 1. The summed E-state index contributed by atoms with van der Waals surface area (Å²) >= 11 is 0. The fourth-order valence-electron chi connectivity index (χ4n) is 3.00. The van der Waals surface area contributed by atoms with Crippen molar-refractivity contribution in [3.8, 4) is 23.3 Å². The van der Waals surface area contributed by atoms with E-state index in [0.717, 1.165) is 11.3 Å². The van der Waals surface area contributed by atoms with Gasteiger partial charge in [-0.2, -0.15) is 15.2 Å². The van der Waals surface area contributed by atoms with Crippen molar-refractivity contribution in [2.45, 2.75) is 13.7 Å². The number of rotatable bonds is 7. The van der Waals surface area contributed by atoms with Crippen LogP contribution in [0.2, 0.25) is 0 Å². The lowest BCUT2D eigenvalue weighted by atomic mass is 10.0. The largest absolute Gasteiger partial charge is 0.467 e. The summed E-state index contributed by atoms with van der Waals surface area (Å²) in [5.74, 6) is 0.672. The van der Waals surface area contributed by atoms with Gasteiger partial charge in [0.05, 0.1) is 30.4 Å². The SMILES string of the molecule is COc1nc(-c2ccc(F)cc2C)c2c(C#N)cn(COCCS(C)(C)C)c2n1. The van der Waals surface area contributed by atoms with Crippen molar-refractivity contribution >= 4 is 21.1 Å². The molecule has 0 N–H and O–H groups in total. The molecular formula is C21H25FN4O2S. The minimum atomic E-state index is -0.645. The van der Waals surface area contributed by atoms with E-state index < -0.39 is 10.0 Å². The van der Waals surface area contributed by atoms with Crippen LogP contribution in [0, 0.1) is 24.1 Å². The van der Waals surface area contributed by atoms with Crippen molar-refractivity contribution in [1.82, 2.24) is 14.5 Å². The maximum atomic E-state index is 13.6. The second-order valence-electron chi connectivity index (χ2n) is 7.67. The second kappa shape index (κ2) is 8.39. The monoisotopic (exact) mass is 416 g/mol. The molecule has 0 radical (unpaired) electrons. The highest BCUT2D eigenvalue weighted by Crippen LogP contribution is 2.35. The molecule has 0 aliphatic heterocycles. The van der Waals surface area contributed by atoms with E-state index >= 15 is 0 Å². The summed E-state index contributed by atoms with van der Waals surface area (Å²) in [6, 6.07) is 6.88. The number of hydrogen-bond donors (Lipinski definition) is 0. The van der Waals surface area contributed by atoms with Gasteiger partial charge in [-0.05, 0) is 49.5 Å². The fourth-order valence-corrected chi connectivity index (χ4v) is 3.62. The van der Waals surface area contributed by atoms with Crippen molar-refractivity contribution in [2.75, 3.05) is 38.2 Å². The molecule has 154 valence electrons. The molecule has 0 spiro atoms. The first-order valence-corrected chi connectivity index (χ1v) is 12.1. The molecule has 0 fully saturated rings. The molecule has 2 aromatic heterocycles. The van der Waals surface area contributed by atoms with E-state index in [4.69, 9.17) is 9.47 Å². The molecule has 0 aliphatic carbocycles. The summed E-state index contributed by atoms with van der Waals surface area (Å²) in [6.07, 6.45) is 8.44. The first kappa shape index (κ1) is 21.1. The number of aryl methyl sites for hydroxylation is 1. The lowest BCUT2D eigenvalue weighted by Gasteiger charge is -2.24. The predicted molar refractivity (Wildman–Crippen MR) is 115 cm³/mol. The molecule has 0 bridgehead atoms. The number of aromatic nitrogens is 3. The molecular weight excluding hydrogens is 391 g/mol. The third-order valence-corrected chi connectivity index (χ3v) is 5.90. The van der Waals surface area contributed by atoms with E-state index in [9.17, 15) is 9.65 Å². The zero-order valence-corrected chi connectivity index (χ0v) is 18.1. The summed E-state index contributed by atoms with van der Waals surface area (Å²) in [6.45, 7) is 2.71. The number of ether oxygens (including phenoxy) is 2. The van der Waals surface area contributed by atoms with Crippen molar-refractivity contribution in [3.63, 3.8) is 0 Å². The Morgan fingerprint density at radius 3 is 2.62 bits per heavy atom. The van der Waals surface area contributed by atoms with Crippen molar-refractivity contribution in [3.05, 3.63) is 41.3 Å². The summed E-state index contributed by atoms with van der Waals surface area (Å²) in [4.78, 5) is 8.93. The van der Waals surface area contributed by atoms with Gasteiger partial charge in [-0.25, -0.2) is 14.4 Å². The summed E-state index contributed by atoms with van der Waals surface area (Å²) < 4.78 is 26.5. The van der Waals surface area contributed by atoms with Gasteiger partial charge in [0.1, 0.15) is 18.6 Å². The van der Waals surface area contributed by atoms with Crippen LogP contribution in [-0.4, -0.2) is 52.8 Å². The minimum Gasteiger partial charge on any atom is -0.467 e. The maximum absolute atomic E-state index is 13.6. The molecule has 0 amide bonds. The normalized spacial score (nSPS) is 12.2. The second-order valence-corrected chi connectivity index (χ2v) is 12.3. The molecule has 3 rings (SSSR count). The van der Waals surface area contributed by atoms with Gasteiger partial charge >= 0.3 is 6.01 Å². The van der Waals surface area contributed by atoms with Crippen LogP contribution >= 0.6 is 10.0 Å². The van der Waals surface area contributed by atoms with Gasteiger partial charge < -0.3 is 14.0 Å². The molecule has 1 aromatic carbocycles. The highest BCUT2D eigenvalue weighted by molar-refractivity contribution is 8.32. The Morgan fingerprint density at radius 1 is 1.24 bits per heavy atom. The molecule has 29 heavy (non-hydrogen) atoms. The molecule has 2 heterocycles. The average Bonchev–Trinajstić information content (AvgIpc) is 3.02. The minimum absolute atomic E-state index is 0.180. The van der Waals surface area contributed by atoms with E-state index in [-0.39, 0.29) is 18.6 Å². The van der Waals surface area contributed by atoms with Crippen LogP contribution in [0.3, 0.4) is 0 Å². The Labute approximate surface area is 171 Å². The Hall–Kier alpha value is -2.63. The number of hydrogen-bond acceptors (Lipinski definition) is 5. The highest BCUT2D eigenvalue weighted by Gasteiger charge is 2.20. The highest BCUT2D eigenvalue weighted by atomic mass is 32.3. The van der Waals surface area contributed by atoms with E-state index in [0.29, 0.717) is 34.5 Å². The molecule has 0 saturated carbocycles. The summed E-state index contributed by atoms with van der Waals surface area (Å²) in [5, 5.41) is 10.3. The van der Waals surface area contributed by atoms with E-state index in [2.05, 4.69) is 34.8 Å². The number of nitrogens with zero attached hydrogens (tertiary/aromatic N) is 4. The lowest BCUT2D eigenvalue weighted by molar-refractivity contribution is 0.0923. The number of methoxy groups -OCH3 is 1. The Kier molecular flexibility index (Phi) is 6.10. The van der Waals surface area contributed by atoms with Crippen molar-refractivity contribution < 1.29 is 13.9 Å². The molecule has 3 aromatic rings. The van der Waals surface area contributed by atoms with Crippen LogP contribution < -0.4 is 4.74 Å². The lowest BCUT2D eigenvalue weighted by Crippen LogP contribution is -2.10. The Bertz CT molecular complexity index is 1080. The third kappa shape index (κ3) is 4.69. The molecule has 8 heteroatoms. The van der Waals surface area contributed by atoms with Gasteiger partial charge in [0.2, 0.25) is 0 Å². The first-order chi connectivity index (χ1) is 13.7. The first-order valence-electron chi connectivity index (χ1n) is 9.08. The molecule has 0 unspecified atom stereocenters. The van der Waals surface area contributed by atoms with Gasteiger partial charge in [0.25, 0.3) is 0 Å². The zero-order valence-electron chi connectivity index (χ0n) is 17.3. The Balaban J connectivity index is 2.09. The standard InChI is InChI=1S/C21H25FN4O2S/c1-14-10-16(22)6-7-17(14)19-18-15(11-23)12-26(13-28-8-9-29(3,4)5)20(18)25-21(24-19)27-2/h6-7,10,12H,8-9,13H2,1-5H3. The van der Waals surface area contributed by atoms with Crippen molar-refractivity contribution in [1.29, 1.82) is 5.26 Å². The fraction of sp³-hybridized carbons (Fsp3) is 0.381. The van der Waals surface area contributed by atoms with Crippen LogP contribution in [0.15, 0.2) is 24.4 Å². The smallest absolute Gasteiger partial charge is 0.318 e. The quantitative estimate of drug-likeness (QED) is 0.542. The van der Waals surface area contributed by atoms with Crippen LogP contribution in [0.5, 0.6) is 6.01 Å². The summed E-state index contributed by atoms with van der Waals surface area (Å²) in [7, 11) is 0.845. The third-order valence-electron chi connectivity index (χ3n) is 4.51. The van der Waals surface area contributed by atoms with Gasteiger partial charge in [-0.3, -0.25) is 0 Å². The van der Waals surface area contributed by atoms with Gasteiger partial charge in [0, 0.05) is 17.5 Å². The Morgan fingerprint density at radius 2 is 2.00 bits per heavy atom. The number of fused-ring (bicyclic) bond motifs is 1. The molecule has 0 atom stereocenters. The van der Waals surface area contributed by atoms with Crippen molar-refractivity contribution in [2.24, 2.45) is 0 Å². The average molecular weight is 417 g/mol. The van der Waals surface area contributed by atoms with Crippen LogP contribution in [0.1, 0.15) is 11.1 Å². The molecule has 0 saturated heterocycles. The van der Waals surface area contributed by atoms with E-state index in [1.165, 1.54) is 19.2 Å². The van der Waals surface area contributed by atoms with Crippen LogP contribution in [0.4, 0.5) is 4.39 Å². The predicted octanol–water partition coefficient (Wildman–Crippen LogP) is 4.09. The number of benzene rings is 1. The van der Waals surface area contributed by atoms with E-state index in [1.54, 1.807) is 23.8 Å². The molecule has 0 aliphatic rings. The number of nitriles is 1. The molecule has 6 nitrogen and oxygen atoms in total. The summed E-state index contributed by atoms with van der Waals surface area (Å²) in [5.41, 5.74) is 2.97. The topological polar surface area (TPSA) is 73.0 Å². The van der Waals surface area contributed by atoms with Gasteiger partial charge in [-0.1, -0.05) is 0 Å². The zero-order chi connectivity index (χ0) is 21.2. The van der Waals surface area contributed by atoms with E-state index in [1.807, 2.05) is 0 Å². The van der Waals surface area contributed by atoms with Crippen LogP contribution in [-0.2, 0) is 11.5 Å². The van der Waals surface area contributed by atoms with Gasteiger partial charge in [-0.15, -0.1) is 0 Å². The maximum Gasteiger partial charge on any atom is 0.318 e. The van der Waals surface area contributed by atoms with Crippen LogP contribution in [0.25, 0.3) is 22.3 Å². The van der Waals surface area contributed by atoms with Gasteiger partial charge in [0.15, 0.2) is 5.65 Å².